The molecule has 0 fully saturated rings. The van der Waals surface area contributed by atoms with Gasteiger partial charge in [0.15, 0.2) is 5.76 Å². The number of carbonyl (C=O) groups is 2. The molecule has 0 aliphatic carbocycles. The molecule has 0 unspecified atom stereocenters. The maximum Gasteiger partial charge on any atom is 0.287 e. The molecule has 0 saturated carbocycles. The second-order valence-corrected chi connectivity index (χ2v) is 7.76. The Bertz CT molecular complexity index is 1040. The van der Waals surface area contributed by atoms with Crippen LogP contribution in [0.2, 0.25) is 5.02 Å². The standard InChI is InChI=1S/C24H28ClN3O4/c1-3-13-28(24(30)20-8-4-5-9-21(20)25)16-18-7-6-14-27(18)17-19-10-11-22(32-19)23(29)26-12-15-31-2/h4-11,14H,3,12-13,15-17H2,1-2H3,(H,26,29). The van der Waals surface area contributed by atoms with E-state index in [4.69, 9.17) is 20.8 Å². The molecule has 1 aromatic carbocycles. The van der Waals surface area contributed by atoms with E-state index in [1.54, 1.807) is 36.3 Å². The van der Waals surface area contributed by atoms with Gasteiger partial charge in [0, 0.05) is 32.1 Å². The van der Waals surface area contributed by atoms with Crippen LogP contribution in [0.5, 0.6) is 0 Å². The first kappa shape index (κ1) is 23.6. The number of halogens is 1. The maximum absolute atomic E-state index is 13.1. The summed E-state index contributed by atoms with van der Waals surface area (Å²) in [5.74, 6) is 0.531. The number of hydrogen-bond acceptors (Lipinski definition) is 4. The van der Waals surface area contributed by atoms with Crippen molar-refractivity contribution in [2.75, 3.05) is 26.8 Å². The minimum atomic E-state index is -0.277. The number of amides is 2. The summed E-state index contributed by atoms with van der Waals surface area (Å²) in [4.78, 5) is 27.0. The van der Waals surface area contributed by atoms with Gasteiger partial charge in [-0.15, -0.1) is 0 Å². The first-order chi connectivity index (χ1) is 15.5. The quantitative estimate of drug-likeness (QED) is 0.437. The smallest absolute Gasteiger partial charge is 0.287 e. The maximum atomic E-state index is 13.1. The molecule has 7 nitrogen and oxygen atoms in total. The van der Waals surface area contributed by atoms with E-state index in [2.05, 4.69) is 5.32 Å². The van der Waals surface area contributed by atoms with E-state index in [1.807, 2.05) is 42.0 Å². The van der Waals surface area contributed by atoms with Crippen LogP contribution in [0.25, 0.3) is 0 Å². The Kier molecular flexibility index (Phi) is 8.53. The van der Waals surface area contributed by atoms with Crippen LogP contribution in [-0.4, -0.2) is 48.1 Å². The van der Waals surface area contributed by atoms with Gasteiger partial charge in [-0.3, -0.25) is 9.59 Å². The van der Waals surface area contributed by atoms with Gasteiger partial charge in [0.2, 0.25) is 0 Å². The molecule has 170 valence electrons. The lowest BCUT2D eigenvalue weighted by Gasteiger charge is -2.23. The molecule has 0 atom stereocenters. The van der Waals surface area contributed by atoms with E-state index >= 15 is 0 Å². The summed E-state index contributed by atoms with van der Waals surface area (Å²) in [5.41, 5.74) is 1.46. The summed E-state index contributed by atoms with van der Waals surface area (Å²) in [6.45, 7) is 4.40. The summed E-state index contributed by atoms with van der Waals surface area (Å²) in [6, 6.07) is 14.4. The molecular weight excluding hydrogens is 430 g/mol. The number of rotatable bonds is 11. The van der Waals surface area contributed by atoms with Gasteiger partial charge in [-0.1, -0.05) is 30.7 Å². The van der Waals surface area contributed by atoms with Crippen molar-refractivity contribution in [3.8, 4) is 0 Å². The molecule has 2 amide bonds. The summed E-state index contributed by atoms with van der Waals surface area (Å²) < 4.78 is 12.7. The van der Waals surface area contributed by atoms with Crippen LogP contribution >= 0.6 is 11.6 Å². The molecular formula is C24H28ClN3O4. The molecule has 3 aromatic rings. The second kappa shape index (κ2) is 11.5. The molecule has 0 aliphatic heterocycles. The zero-order valence-corrected chi connectivity index (χ0v) is 19.1. The summed E-state index contributed by atoms with van der Waals surface area (Å²) in [5, 5.41) is 3.18. The zero-order valence-electron chi connectivity index (χ0n) is 18.3. The van der Waals surface area contributed by atoms with Crippen molar-refractivity contribution in [3.63, 3.8) is 0 Å². The van der Waals surface area contributed by atoms with E-state index < -0.39 is 0 Å². The number of furan rings is 1. The molecule has 0 saturated heterocycles. The minimum absolute atomic E-state index is 0.0989. The van der Waals surface area contributed by atoms with Crippen molar-refractivity contribution in [2.24, 2.45) is 0 Å². The molecule has 0 spiro atoms. The van der Waals surface area contributed by atoms with Gasteiger partial charge in [-0.25, -0.2) is 0 Å². The van der Waals surface area contributed by atoms with Gasteiger partial charge in [-0.05, 0) is 42.8 Å². The largest absolute Gasteiger partial charge is 0.454 e. The Balaban J connectivity index is 1.70. The van der Waals surface area contributed by atoms with Crippen LogP contribution in [0.15, 0.2) is 59.1 Å². The molecule has 8 heteroatoms. The predicted octanol–water partition coefficient (Wildman–Crippen LogP) is 4.21. The fourth-order valence-electron chi connectivity index (χ4n) is 3.38. The van der Waals surface area contributed by atoms with Crippen LogP contribution in [0.1, 0.15) is 45.7 Å². The van der Waals surface area contributed by atoms with Gasteiger partial charge in [0.1, 0.15) is 5.76 Å². The third-order valence-corrected chi connectivity index (χ3v) is 5.29. The van der Waals surface area contributed by atoms with Crippen LogP contribution < -0.4 is 5.32 Å². The average Bonchev–Trinajstić information content (AvgIpc) is 3.43. The van der Waals surface area contributed by atoms with Gasteiger partial charge < -0.3 is 23.9 Å². The number of benzene rings is 1. The monoisotopic (exact) mass is 457 g/mol. The molecule has 3 rings (SSSR count). The summed E-state index contributed by atoms with van der Waals surface area (Å²) in [7, 11) is 1.58. The topological polar surface area (TPSA) is 76.7 Å². The summed E-state index contributed by atoms with van der Waals surface area (Å²) >= 11 is 6.25. The number of hydrogen-bond donors (Lipinski definition) is 1. The number of nitrogens with zero attached hydrogens (tertiary/aromatic N) is 2. The Morgan fingerprint density at radius 1 is 1.16 bits per heavy atom. The molecule has 0 aliphatic rings. The van der Waals surface area contributed by atoms with Crippen LogP contribution in [0.4, 0.5) is 0 Å². The number of methoxy groups -OCH3 is 1. The molecule has 0 radical (unpaired) electrons. The van der Waals surface area contributed by atoms with Gasteiger partial charge in [0.25, 0.3) is 11.8 Å². The van der Waals surface area contributed by atoms with E-state index in [-0.39, 0.29) is 17.6 Å². The summed E-state index contributed by atoms with van der Waals surface area (Å²) in [6.07, 6.45) is 2.76. The van der Waals surface area contributed by atoms with Crippen molar-refractivity contribution in [2.45, 2.75) is 26.4 Å². The van der Waals surface area contributed by atoms with Crippen LogP contribution in [0, 0.1) is 0 Å². The molecule has 2 aromatic heterocycles. The number of aromatic nitrogens is 1. The number of carbonyl (C=O) groups excluding carboxylic acids is 2. The van der Waals surface area contributed by atoms with E-state index in [9.17, 15) is 9.59 Å². The van der Waals surface area contributed by atoms with Crippen molar-refractivity contribution in [1.82, 2.24) is 14.8 Å². The van der Waals surface area contributed by atoms with Crippen molar-refractivity contribution in [3.05, 3.63) is 82.5 Å². The Morgan fingerprint density at radius 2 is 1.97 bits per heavy atom. The van der Waals surface area contributed by atoms with E-state index in [0.29, 0.717) is 49.1 Å². The van der Waals surface area contributed by atoms with Crippen molar-refractivity contribution < 1.29 is 18.7 Å². The molecule has 32 heavy (non-hydrogen) atoms. The Morgan fingerprint density at radius 3 is 2.72 bits per heavy atom. The third kappa shape index (κ3) is 6.02. The molecule has 0 bridgehead atoms. The fourth-order valence-corrected chi connectivity index (χ4v) is 3.59. The first-order valence-corrected chi connectivity index (χ1v) is 10.9. The zero-order chi connectivity index (χ0) is 22.9. The van der Waals surface area contributed by atoms with Gasteiger partial charge in [0.05, 0.1) is 30.3 Å². The highest BCUT2D eigenvalue weighted by atomic mass is 35.5. The fraction of sp³-hybridized carbons (Fsp3) is 0.333. The molecule has 2 heterocycles. The van der Waals surface area contributed by atoms with Crippen LogP contribution in [0.3, 0.4) is 0 Å². The van der Waals surface area contributed by atoms with E-state index in [0.717, 1.165) is 12.1 Å². The Hall–Kier alpha value is -3.03. The highest BCUT2D eigenvalue weighted by Gasteiger charge is 2.19. The lowest BCUT2D eigenvalue weighted by molar-refractivity contribution is 0.0739. The SMILES string of the molecule is CCCN(Cc1cccn1Cc1ccc(C(=O)NCCOC)o1)C(=O)c1ccccc1Cl. The van der Waals surface area contributed by atoms with Gasteiger partial charge >= 0.3 is 0 Å². The minimum Gasteiger partial charge on any atom is -0.454 e. The predicted molar refractivity (Wildman–Crippen MR) is 123 cm³/mol. The Labute approximate surface area is 192 Å². The normalized spacial score (nSPS) is 10.8. The average molecular weight is 458 g/mol. The van der Waals surface area contributed by atoms with Gasteiger partial charge in [-0.2, -0.15) is 0 Å². The lowest BCUT2D eigenvalue weighted by atomic mass is 10.2. The highest BCUT2D eigenvalue weighted by molar-refractivity contribution is 6.33. The number of nitrogens with one attached hydrogen (secondary N) is 1. The van der Waals surface area contributed by atoms with Crippen molar-refractivity contribution in [1.29, 1.82) is 0 Å². The van der Waals surface area contributed by atoms with Crippen LogP contribution in [-0.2, 0) is 17.8 Å². The van der Waals surface area contributed by atoms with Crippen molar-refractivity contribution >= 4 is 23.4 Å². The number of ether oxygens (including phenoxy) is 1. The first-order valence-electron chi connectivity index (χ1n) is 10.6. The highest BCUT2D eigenvalue weighted by Crippen LogP contribution is 2.20. The van der Waals surface area contributed by atoms with E-state index in [1.165, 1.54) is 0 Å². The lowest BCUT2D eigenvalue weighted by Crippen LogP contribution is -2.32. The molecule has 1 N–H and O–H groups in total. The second-order valence-electron chi connectivity index (χ2n) is 7.35. The third-order valence-electron chi connectivity index (χ3n) is 4.96.